The lowest BCUT2D eigenvalue weighted by Gasteiger charge is -2.24. The van der Waals surface area contributed by atoms with Gasteiger partial charge in [-0.2, -0.15) is 0 Å². The van der Waals surface area contributed by atoms with Crippen molar-refractivity contribution in [2.75, 3.05) is 23.9 Å². The van der Waals surface area contributed by atoms with Gasteiger partial charge in [0.15, 0.2) is 9.84 Å². The highest BCUT2D eigenvalue weighted by Crippen LogP contribution is 2.19. The molecule has 0 radical (unpaired) electrons. The number of nitrogens with one attached hydrogen (secondary N) is 2. The quantitative estimate of drug-likeness (QED) is 0.847. The summed E-state index contributed by atoms with van der Waals surface area (Å²) in [5.41, 5.74) is 0.724. The highest BCUT2D eigenvalue weighted by Gasteiger charge is 2.24. The fourth-order valence-corrected chi connectivity index (χ4v) is 4.59. The molecule has 0 aromatic heterocycles. The van der Waals surface area contributed by atoms with Gasteiger partial charge in [-0.1, -0.05) is 0 Å². The van der Waals surface area contributed by atoms with Crippen molar-refractivity contribution >= 4 is 25.5 Å². The van der Waals surface area contributed by atoms with Gasteiger partial charge in [-0.05, 0) is 44.2 Å². The van der Waals surface area contributed by atoms with Crippen LogP contribution in [-0.2, 0) is 19.9 Å². The minimum Gasteiger partial charge on any atom is -0.381 e. The van der Waals surface area contributed by atoms with E-state index in [0.717, 1.165) is 12.1 Å². The van der Waals surface area contributed by atoms with Crippen LogP contribution in [0, 0.1) is 0 Å². The Morgan fingerprint density at radius 2 is 1.85 bits per heavy atom. The number of rotatable bonds is 4. The van der Waals surface area contributed by atoms with Gasteiger partial charge in [0, 0.05) is 11.7 Å². The van der Waals surface area contributed by atoms with Gasteiger partial charge in [0.05, 0.1) is 16.4 Å². The van der Waals surface area contributed by atoms with Crippen molar-refractivity contribution in [3.63, 3.8) is 0 Å². The molecule has 2 N–H and O–H groups in total. The van der Waals surface area contributed by atoms with Crippen LogP contribution < -0.4 is 10.0 Å². The van der Waals surface area contributed by atoms with Crippen molar-refractivity contribution in [1.82, 2.24) is 4.72 Å². The second-order valence-electron chi connectivity index (χ2n) is 4.83. The summed E-state index contributed by atoms with van der Waals surface area (Å²) in [7, 11) is -5.04. The van der Waals surface area contributed by atoms with Gasteiger partial charge >= 0.3 is 0 Å². The maximum Gasteiger partial charge on any atom is 0.240 e. The number of anilines is 1. The van der Waals surface area contributed by atoms with Gasteiger partial charge in [0.25, 0.3) is 0 Å². The minimum absolute atomic E-state index is 0.111. The molecular weight excluding hydrogens is 300 g/mol. The van der Waals surface area contributed by atoms with E-state index in [0.29, 0.717) is 6.42 Å². The number of hydrogen-bond acceptors (Lipinski definition) is 5. The van der Waals surface area contributed by atoms with Crippen molar-refractivity contribution in [3.8, 4) is 0 Å². The number of benzene rings is 1. The maximum atomic E-state index is 11.6. The summed E-state index contributed by atoms with van der Waals surface area (Å²) in [5, 5.41) is 3.14. The lowest BCUT2D eigenvalue weighted by molar-refractivity contribution is 0.562. The number of hydrogen-bond donors (Lipinski definition) is 2. The van der Waals surface area contributed by atoms with E-state index in [1.807, 2.05) is 0 Å². The molecule has 1 aromatic rings. The summed E-state index contributed by atoms with van der Waals surface area (Å²) in [6.07, 6.45) is 1.46. The van der Waals surface area contributed by atoms with E-state index in [-0.39, 0.29) is 22.4 Å². The van der Waals surface area contributed by atoms with Gasteiger partial charge in [0.1, 0.15) is 0 Å². The van der Waals surface area contributed by atoms with Crippen LogP contribution in [-0.4, -0.2) is 41.4 Å². The van der Waals surface area contributed by atoms with E-state index in [9.17, 15) is 16.8 Å². The first-order valence-corrected chi connectivity index (χ1v) is 9.63. The third-order valence-electron chi connectivity index (χ3n) is 3.27. The average molecular weight is 318 g/mol. The highest BCUT2D eigenvalue weighted by atomic mass is 32.2. The Morgan fingerprint density at radius 1 is 1.20 bits per heavy atom. The molecule has 0 bridgehead atoms. The Balaban J connectivity index is 2.08. The molecular formula is C12H18N2O4S2. The second-order valence-corrected chi connectivity index (χ2v) is 8.95. The molecule has 0 amide bonds. The van der Waals surface area contributed by atoms with E-state index in [4.69, 9.17) is 0 Å². The Morgan fingerprint density at radius 3 is 2.40 bits per heavy atom. The van der Waals surface area contributed by atoms with Crippen LogP contribution in [0.2, 0.25) is 0 Å². The van der Waals surface area contributed by atoms with Crippen LogP contribution in [0.1, 0.15) is 12.8 Å². The second kappa shape index (κ2) is 5.71. The standard InChI is InChI=1S/C12H18N2O4S2/c1-13-20(17,18)12-6-4-10(5-7-12)14-11-3-2-8-19(15,16)9-11/h4-7,11,13-14H,2-3,8-9H2,1H3. The summed E-state index contributed by atoms with van der Waals surface area (Å²) in [6.45, 7) is 0. The van der Waals surface area contributed by atoms with Crippen molar-refractivity contribution in [1.29, 1.82) is 0 Å². The molecule has 1 aliphatic rings. The Bertz CT molecular complexity index is 666. The van der Waals surface area contributed by atoms with E-state index < -0.39 is 19.9 Å². The highest BCUT2D eigenvalue weighted by molar-refractivity contribution is 7.91. The fraction of sp³-hybridized carbons (Fsp3) is 0.500. The summed E-state index contributed by atoms with van der Waals surface area (Å²) in [5.74, 6) is 0.383. The Kier molecular flexibility index (Phi) is 4.36. The molecule has 1 heterocycles. The summed E-state index contributed by atoms with van der Waals surface area (Å²) in [6, 6.07) is 6.16. The zero-order chi connectivity index (χ0) is 14.8. The summed E-state index contributed by atoms with van der Waals surface area (Å²) in [4.78, 5) is 0.182. The third-order valence-corrected chi connectivity index (χ3v) is 6.52. The van der Waals surface area contributed by atoms with Crippen molar-refractivity contribution in [2.45, 2.75) is 23.8 Å². The van der Waals surface area contributed by atoms with Crippen LogP contribution in [0.15, 0.2) is 29.2 Å². The van der Waals surface area contributed by atoms with E-state index >= 15 is 0 Å². The first-order valence-electron chi connectivity index (χ1n) is 6.33. The maximum absolute atomic E-state index is 11.6. The Labute approximate surface area is 119 Å². The monoisotopic (exact) mass is 318 g/mol. The normalized spacial score (nSPS) is 22.4. The van der Waals surface area contributed by atoms with Crippen LogP contribution in [0.25, 0.3) is 0 Å². The minimum atomic E-state index is -3.44. The largest absolute Gasteiger partial charge is 0.381 e. The zero-order valence-corrected chi connectivity index (χ0v) is 12.8. The molecule has 0 saturated carbocycles. The molecule has 1 aromatic carbocycles. The lowest BCUT2D eigenvalue weighted by Crippen LogP contribution is -2.34. The van der Waals surface area contributed by atoms with Crippen molar-refractivity contribution < 1.29 is 16.8 Å². The van der Waals surface area contributed by atoms with Crippen LogP contribution >= 0.6 is 0 Å². The van der Waals surface area contributed by atoms with E-state index in [1.165, 1.54) is 19.2 Å². The lowest BCUT2D eigenvalue weighted by atomic mass is 10.2. The van der Waals surface area contributed by atoms with Crippen LogP contribution in [0.4, 0.5) is 5.69 Å². The average Bonchev–Trinajstić information content (AvgIpc) is 2.38. The molecule has 20 heavy (non-hydrogen) atoms. The molecule has 2 rings (SSSR count). The first kappa shape index (κ1) is 15.3. The van der Waals surface area contributed by atoms with Crippen molar-refractivity contribution in [3.05, 3.63) is 24.3 Å². The van der Waals surface area contributed by atoms with Crippen LogP contribution in [0.3, 0.4) is 0 Å². The number of sulfonamides is 1. The third kappa shape index (κ3) is 3.71. The molecule has 1 saturated heterocycles. The molecule has 6 nitrogen and oxygen atoms in total. The molecule has 0 aliphatic carbocycles. The zero-order valence-electron chi connectivity index (χ0n) is 11.2. The predicted octanol–water partition coefficient (Wildman–Crippen LogP) is 0.584. The van der Waals surface area contributed by atoms with Crippen LogP contribution in [0.5, 0.6) is 0 Å². The van der Waals surface area contributed by atoms with Gasteiger partial charge < -0.3 is 5.32 Å². The summed E-state index contributed by atoms with van der Waals surface area (Å²) < 4.78 is 48.5. The molecule has 1 aliphatic heterocycles. The van der Waals surface area contributed by atoms with Gasteiger partial charge in [0.2, 0.25) is 10.0 Å². The smallest absolute Gasteiger partial charge is 0.240 e. The first-order chi connectivity index (χ1) is 9.32. The predicted molar refractivity (Wildman–Crippen MR) is 78.0 cm³/mol. The molecule has 1 atom stereocenters. The number of sulfone groups is 1. The fourth-order valence-electron chi connectivity index (χ4n) is 2.22. The molecule has 1 unspecified atom stereocenters. The topological polar surface area (TPSA) is 92.3 Å². The van der Waals surface area contributed by atoms with Gasteiger partial charge in [-0.25, -0.2) is 21.6 Å². The van der Waals surface area contributed by atoms with E-state index in [1.54, 1.807) is 12.1 Å². The Hall–Kier alpha value is -1.12. The molecule has 8 heteroatoms. The van der Waals surface area contributed by atoms with Gasteiger partial charge in [-0.15, -0.1) is 0 Å². The molecule has 0 spiro atoms. The summed E-state index contributed by atoms with van der Waals surface area (Å²) >= 11 is 0. The molecule has 1 fully saturated rings. The van der Waals surface area contributed by atoms with Gasteiger partial charge in [-0.3, -0.25) is 0 Å². The van der Waals surface area contributed by atoms with Crippen molar-refractivity contribution in [2.24, 2.45) is 0 Å². The molecule has 112 valence electrons. The van der Waals surface area contributed by atoms with E-state index in [2.05, 4.69) is 10.0 Å². The SMILES string of the molecule is CNS(=O)(=O)c1ccc(NC2CCCS(=O)(=O)C2)cc1.